The Balaban J connectivity index is 1.82. The average Bonchev–Trinajstić information content (AvgIpc) is 2.73. The summed E-state index contributed by atoms with van der Waals surface area (Å²) in [6, 6.07) is 16.3. The minimum atomic E-state index is -0.429. The van der Waals surface area contributed by atoms with Gasteiger partial charge < -0.3 is 20.7 Å². The molecular formula is C22H25N3O4S. The van der Waals surface area contributed by atoms with Crippen molar-refractivity contribution in [3.05, 3.63) is 65.7 Å². The standard InChI is InChI=1S/C22H25N3O4S/c1-3-29-20(27)14-13-19(26)25-22(30)24-18-11-9-17(10-12-18)21(28)23-15(2)16-7-5-4-6-8-16/h4-12,15H,3,13-14H2,1-2H3,(H,23,28)(H2,24,25,26,30). The molecule has 0 aliphatic heterocycles. The molecule has 0 saturated heterocycles. The van der Waals surface area contributed by atoms with Gasteiger partial charge in [-0.1, -0.05) is 30.3 Å². The number of benzene rings is 2. The number of anilines is 1. The van der Waals surface area contributed by atoms with Crippen molar-refractivity contribution in [2.24, 2.45) is 0 Å². The van der Waals surface area contributed by atoms with Crippen LogP contribution in [0.15, 0.2) is 54.6 Å². The molecule has 30 heavy (non-hydrogen) atoms. The SMILES string of the molecule is CCOC(=O)CCC(=O)NC(=S)Nc1ccc(C(=O)NC(C)c2ccccc2)cc1. The molecule has 2 amide bonds. The van der Waals surface area contributed by atoms with Crippen molar-refractivity contribution in [1.29, 1.82) is 0 Å². The smallest absolute Gasteiger partial charge is 0.306 e. The zero-order valence-electron chi connectivity index (χ0n) is 16.9. The van der Waals surface area contributed by atoms with Gasteiger partial charge in [0.05, 0.1) is 19.1 Å². The Kier molecular flexibility index (Phi) is 8.96. The first-order valence-electron chi connectivity index (χ1n) is 9.61. The van der Waals surface area contributed by atoms with E-state index in [9.17, 15) is 14.4 Å². The molecule has 0 radical (unpaired) electrons. The van der Waals surface area contributed by atoms with E-state index in [2.05, 4.69) is 16.0 Å². The fourth-order valence-corrected chi connectivity index (χ4v) is 2.84. The van der Waals surface area contributed by atoms with Gasteiger partial charge in [-0.25, -0.2) is 0 Å². The molecule has 0 aromatic heterocycles. The van der Waals surface area contributed by atoms with Gasteiger partial charge >= 0.3 is 5.97 Å². The molecule has 0 aliphatic carbocycles. The first-order chi connectivity index (χ1) is 14.4. The number of esters is 1. The summed E-state index contributed by atoms with van der Waals surface area (Å²) in [5, 5.41) is 8.43. The Bertz CT molecular complexity index is 885. The predicted octanol–water partition coefficient (Wildman–Crippen LogP) is 3.33. The van der Waals surface area contributed by atoms with E-state index in [1.807, 2.05) is 37.3 Å². The second-order valence-electron chi connectivity index (χ2n) is 6.49. The maximum atomic E-state index is 12.4. The van der Waals surface area contributed by atoms with Crippen molar-refractivity contribution in [3.8, 4) is 0 Å². The molecule has 2 rings (SSSR count). The van der Waals surface area contributed by atoms with E-state index in [4.69, 9.17) is 17.0 Å². The lowest BCUT2D eigenvalue weighted by Gasteiger charge is -2.15. The van der Waals surface area contributed by atoms with Crippen LogP contribution in [0.25, 0.3) is 0 Å². The van der Waals surface area contributed by atoms with E-state index >= 15 is 0 Å². The van der Waals surface area contributed by atoms with Gasteiger partial charge in [-0.05, 0) is 55.9 Å². The first-order valence-corrected chi connectivity index (χ1v) is 10.0. The van der Waals surface area contributed by atoms with E-state index in [1.54, 1.807) is 31.2 Å². The summed E-state index contributed by atoms with van der Waals surface area (Å²) in [6.07, 6.45) is -0.0210. The van der Waals surface area contributed by atoms with Gasteiger partial charge in [-0.2, -0.15) is 0 Å². The molecule has 2 aromatic carbocycles. The van der Waals surface area contributed by atoms with Crippen molar-refractivity contribution in [2.45, 2.75) is 32.7 Å². The lowest BCUT2D eigenvalue weighted by atomic mass is 10.1. The maximum absolute atomic E-state index is 12.4. The predicted molar refractivity (Wildman–Crippen MR) is 119 cm³/mol. The number of thiocarbonyl (C=S) groups is 1. The third-order valence-corrected chi connectivity index (χ3v) is 4.37. The van der Waals surface area contributed by atoms with E-state index in [-0.39, 0.29) is 42.4 Å². The minimum absolute atomic E-state index is 0.00645. The molecule has 158 valence electrons. The summed E-state index contributed by atoms with van der Waals surface area (Å²) < 4.78 is 4.77. The van der Waals surface area contributed by atoms with Gasteiger partial charge in [0.1, 0.15) is 0 Å². The summed E-state index contributed by atoms with van der Waals surface area (Å²) in [7, 11) is 0. The third-order valence-electron chi connectivity index (χ3n) is 4.17. The highest BCUT2D eigenvalue weighted by Crippen LogP contribution is 2.14. The number of hydrogen-bond donors (Lipinski definition) is 3. The lowest BCUT2D eigenvalue weighted by molar-refractivity contribution is -0.144. The summed E-state index contributed by atoms with van der Waals surface area (Å²) in [4.78, 5) is 35.5. The fourth-order valence-electron chi connectivity index (χ4n) is 2.61. The number of carbonyl (C=O) groups is 3. The summed E-state index contributed by atoms with van der Waals surface area (Å²) in [5.74, 6) is -0.999. The van der Waals surface area contributed by atoms with Gasteiger partial charge in [0, 0.05) is 17.7 Å². The highest BCUT2D eigenvalue weighted by Gasteiger charge is 2.12. The number of carbonyl (C=O) groups excluding carboxylic acids is 3. The van der Waals surface area contributed by atoms with Gasteiger partial charge in [-0.3, -0.25) is 14.4 Å². The molecule has 1 atom stereocenters. The van der Waals surface area contributed by atoms with Gasteiger partial charge in [0.15, 0.2) is 5.11 Å². The highest BCUT2D eigenvalue weighted by atomic mass is 32.1. The van der Waals surface area contributed by atoms with Crippen molar-refractivity contribution < 1.29 is 19.1 Å². The molecule has 8 heteroatoms. The first kappa shape index (κ1) is 23.0. The molecule has 0 fully saturated rings. The molecule has 7 nitrogen and oxygen atoms in total. The second kappa shape index (κ2) is 11.7. The third kappa shape index (κ3) is 7.63. The van der Waals surface area contributed by atoms with Gasteiger partial charge in [0.2, 0.25) is 5.91 Å². The molecular weight excluding hydrogens is 402 g/mol. The zero-order valence-corrected chi connectivity index (χ0v) is 17.8. The van der Waals surface area contributed by atoms with Crippen molar-refractivity contribution >= 4 is 40.8 Å². The Morgan fingerprint density at radius 1 is 1.00 bits per heavy atom. The Labute approximate surface area is 181 Å². The summed E-state index contributed by atoms with van der Waals surface area (Å²) in [6.45, 7) is 3.90. The topological polar surface area (TPSA) is 96.5 Å². The summed E-state index contributed by atoms with van der Waals surface area (Å²) in [5.41, 5.74) is 2.15. The molecule has 3 N–H and O–H groups in total. The van der Waals surface area contributed by atoms with Crippen LogP contribution < -0.4 is 16.0 Å². The normalized spacial score (nSPS) is 11.1. The minimum Gasteiger partial charge on any atom is -0.466 e. The van der Waals surface area contributed by atoms with Crippen LogP contribution in [0, 0.1) is 0 Å². The van der Waals surface area contributed by atoms with E-state index in [0.717, 1.165) is 5.56 Å². The van der Waals surface area contributed by atoms with E-state index in [0.29, 0.717) is 11.3 Å². The molecule has 0 aliphatic rings. The van der Waals surface area contributed by atoms with Gasteiger partial charge in [0.25, 0.3) is 5.91 Å². The zero-order chi connectivity index (χ0) is 21.9. The quantitative estimate of drug-likeness (QED) is 0.442. The Hall–Kier alpha value is -3.26. The number of ether oxygens (including phenoxy) is 1. The number of hydrogen-bond acceptors (Lipinski definition) is 5. The summed E-state index contributed by atoms with van der Waals surface area (Å²) >= 11 is 5.10. The second-order valence-corrected chi connectivity index (χ2v) is 6.90. The van der Waals surface area contributed by atoms with Crippen LogP contribution >= 0.6 is 12.2 Å². The molecule has 2 aromatic rings. The van der Waals surface area contributed by atoms with Crippen LogP contribution in [0.3, 0.4) is 0 Å². The van der Waals surface area contributed by atoms with Crippen LogP contribution in [0.5, 0.6) is 0 Å². The van der Waals surface area contributed by atoms with E-state index < -0.39 is 5.97 Å². The molecule has 1 unspecified atom stereocenters. The Morgan fingerprint density at radius 3 is 2.30 bits per heavy atom. The number of amides is 2. The van der Waals surface area contributed by atoms with Crippen molar-refractivity contribution in [3.63, 3.8) is 0 Å². The number of nitrogens with one attached hydrogen (secondary N) is 3. The van der Waals surface area contributed by atoms with Crippen LogP contribution in [-0.2, 0) is 14.3 Å². The number of rotatable bonds is 8. The van der Waals surface area contributed by atoms with Crippen LogP contribution in [0.4, 0.5) is 5.69 Å². The van der Waals surface area contributed by atoms with Crippen molar-refractivity contribution in [2.75, 3.05) is 11.9 Å². The van der Waals surface area contributed by atoms with Crippen molar-refractivity contribution in [1.82, 2.24) is 10.6 Å². The maximum Gasteiger partial charge on any atom is 0.306 e. The lowest BCUT2D eigenvalue weighted by Crippen LogP contribution is -2.34. The van der Waals surface area contributed by atoms with E-state index in [1.165, 1.54) is 0 Å². The van der Waals surface area contributed by atoms with Gasteiger partial charge in [-0.15, -0.1) is 0 Å². The Morgan fingerprint density at radius 2 is 1.67 bits per heavy atom. The largest absolute Gasteiger partial charge is 0.466 e. The molecule has 0 heterocycles. The highest BCUT2D eigenvalue weighted by molar-refractivity contribution is 7.80. The molecule has 0 saturated carbocycles. The molecule has 0 spiro atoms. The van der Waals surface area contributed by atoms with Crippen LogP contribution in [-0.4, -0.2) is 29.5 Å². The molecule has 0 bridgehead atoms. The average molecular weight is 428 g/mol. The van der Waals surface area contributed by atoms with Crippen LogP contribution in [0.2, 0.25) is 0 Å². The fraction of sp³-hybridized carbons (Fsp3) is 0.273. The monoisotopic (exact) mass is 427 g/mol. The van der Waals surface area contributed by atoms with Crippen LogP contribution in [0.1, 0.15) is 48.7 Å².